The molecule has 0 saturated carbocycles. The van der Waals surface area contributed by atoms with Crippen LogP contribution in [0.15, 0.2) is 24.5 Å². The molecule has 0 spiro atoms. The Morgan fingerprint density at radius 3 is 2.88 bits per heavy atom. The molecule has 16 heavy (non-hydrogen) atoms. The van der Waals surface area contributed by atoms with Crippen molar-refractivity contribution in [3.63, 3.8) is 0 Å². The van der Waals surface area contributed by atoms with Gasteiger partial charge in [-0.3, -0.25) is 4.79 Å². The van der Waals surface area contributed by atoms with E-state index in [0.29, 0.717) is 5.56 Å². The quantitative estimate of drug-likeness (QED) is 0.770. The predicted molar refractivity (Wildman–Crippen MR) is 63.6 cm³/mol. The summed E-state index contributed by atoms with van der Waals surface area (Å²) in [4.78, 5) is 19.3. The van der Waals surface area contributed by atoms with E-state index in [1.165, 1.54) is 0 Å². The third kappa shape index (κ3) is 1.72. The molecule has 0 bridgehead atoms. The fourth-order valence-corrected chi connectivity index (χ4v) is 1.55. The molecule has 0 atom stereocenters. The van der Waals surface area contributed by atoms with Crippen LogP contribution in [-0.2, 0) is 0 Å². The second-order valence-corrected chi connectivity index (χ2v) is 4.34. The summed E-state index contributed by atoms with van der Waals surface area (Å²) in [5, 5.41) is 3.01. The lowest BCUT2D eigenvalue weighted by Gasteiger charge is -2.22. The SMILES string of the molecule is CNC(C)(C)C(=O)c1ccc2nc[nH]c2c1. The van der Waals surface area contributed by atoms with Crippen molar-refractivity contribution in [2.75, 3.05) is 7.05 Å². The molecule has 0 fully saturated rings. The Balaban J connectivity index is 2.43. The summed E-state index contributed by atoms with van der Waals surface area (Å²) in [7, 11) is 1.78. The van der Waals surface area contributed by atoms with Crippen LogP contribution in [0, 0.1) is 0 Å². The Kier molecular flexibility index (Phi) is 2.52. The second-order valence-electron chi connectivity index (χ2n) is 4.34. The number of ketones is 1. The highest BCUT2D eigenvalue weighted by molar-refractivity contribution is 6.04. The number of hydrogen-bond acceptors (Lipinski definition) is 3. The van der Waals surface area contributed by atoms with Crippen LogP contribution in [0.5, 0.6) is 0 Å². The minimum atomic E-state index is -0.548. The standard InChI is InChI=1S/C12H15N3O/c1-12(2,13-3)11(16)8-4-5-9-10(6-8)15-7-14-9/h4-7,13H,1-3H3,(H,14,15). The predicted octanol–water partition coefficient (Wildman–Crippen LogP) is 1.74. The number of aromatic amines is 1. The van der Waals surface area contributed by atoms with Crippen LogP contribution in [0.3, 0.4) is 0 Å². The lowest BCUT2D eigenvalue weighted by Crippen LogP contribution is -2.44. The number of fused-ring (bicyclic) bond motifs is 1. The van der Waals surface area contributed by atoms with Crippen molar-refractivity contribution in [1.82, 2.24) is 15.3 Å². The summed E-state index contributed by atoms with van der Waals surface area (Å²) in [6, 6.07) is 5.50. The maximum Gasteiger partial charge on any atom is 0.182 e. The molecule has 84 valence electrons. The fraction of sp³-hybridized carbons (Fsp3) is 0.333. The maximum absolute atomic E-state index is 12.2. The molecule has 0 saturated heterocycles. The van der Waals surface area contributed by atoms with Crippen molar-refractivity contribution in [1.29, 1.82) is 0 Å². The molecule has 0 aliphatic carbocycles. The lowest BCUT2D eigenvalue weighted by atomic mass is 9.93. The van der Waals surface area contributed by atoms with Crippen molar-refractivity contribution in [3.8, 4) is 0 Å². The van der Waals surface area contributed by atoms with Gasteiger partial charge in [-0.15, -0.1) is 0 Å². The van der Waals surface area contributed by atoms with E-state index in [9.17, 15) is 4.79 Å². The first-order valence-corrected chi connectivity index (χ1v) is 5.21. The van der Waals surface area contributed by atoms with Gasteiger partial charge >= 0.3 is 0 Å². The minimum Gasteiger partial charge on any atom is -0.345 e. The van der Waals surface area contributed by atoms with Crippen LogP contribution in [0.2, 0.25) is 0 Å². The number of benzene rings is 1. The summed E-state index contributed by atoms with van der Waals surface area (Å²) in [5.74, 6) is 0.0755. The molecule has 0 radical (unpaired) electrons. The summed E-state index contributed by atoms with van der Waals surface area (Å²) in [5.41, 5.74) is 1.90. The van der Waals surface area contributed by atoms with Gasteiger partial charge in [-0.2, -0.15) is 0 Å². The number of imidazole rings is 1. The number of nitrogens with zero attached hydrogens (tertiary/aromatic N) is 1. The fourth-order valence-electron chi connectivity index (χ4n) is 1.55. The summed E-state index contributed by atoms with van der Waals surface area (Å²) in [6.07, 6.45) is 1.63. The molecule has 2 aromatic rings. The van der Waals surface area contributed by atoms with Crippen LogP contribution < -0.4 is 5.32 Å². The first-order valence-electron chi connectivity index (χ1n) is 5.21. The van der Waals surface area contributed by atoms with E-state index in [2.05, 4.69) is 15.3 Å². The van der Waals surface area contributed by atoms with Crippen LogP contribution in [0.4, 0.5) is 0 Å². The van der Waals surface area contributed by atoms with Crippen molar-refractivity contribution in [3.05, 3.63) is 30.1 Å². The van der Waals surface area contributed by atoms with Crippen LogP contribution in [0.25, 0.3) is 11.0 Å². The van der Waals surface area contributed by atoms with Crippen molar-refractivity contribution >= 4 is 16.8 Å². The third-order valence-corrected chi connectivity index (χ3v) is 2.88. The van der Waals surface area contributed by atoms with Gasteiger partial charge in [0.2, 0.25) is 0 Å². The number of Topliss-reactive ketones (excluding diaryl/α,β-unsaturated/α-hetero) is 1. The highest BCUT2D eigenvalue weighted by atomic mass is 16.1. The van der Waals surface area contributed by atoms with Crippen LogP contribution in [-0.4, -0.2) is 28.3 Å². The highest BCUT2D eigenvalue weighted by Crippen LogP contribution is 2.16. The van der Waals surface area contributed by atoms with E-state index in [1.54, 1.807) is 13.4 Å². The number of aromatic nitrogens is 2. The van der Waals surface area contributed by atoms with E-state index < -0.39 is 5.54 Å². The van der Waals surface area contributed by atoms with Gasteiger partial charge in [-0.1, -0.05) is 0 Å². The highest BCUT2D eigenvalue weighted by Gasteiger charge is 2.26. The average molecular weight is 217 g/mol. The molecule has 4 heteroatoms. The summed E-state index contributed by atoms with van der Waals surface area (Å²) < 4.78 is 0. The van der Waals surface area contributed by atoms with Gasteiger partial charge in [0.05, 0.1) is 22.9 Å². The van der Waals surface area contributed by atoms with Gasteiger partial charge in [0, 0.05) is 5.56 Å². The number of carbonyl (C=O) groups is 1. The number of hydrogen-bond donors (Lipinski definition) is 2. The second kappa shape index (κ2) is 3.72. The van der Waals surface area contributed by atoms with Gasteiger partial charge in [0.15, 0.2) is 5.78 Å². The molecule has 2 N–H and O–H groups in total. The van der Waals surface area contributed by atoms with Gasteiger partial charge in [0.25, 0.3) is 0 Å². The van der Waals surface area contributed by atoms with E-state index in [1.807, 2.05) is 32.0 Å². The smallest absolute Gasteiger partial charge is 0.182 e. The number of carbonyl (C=O) groups excluding carboxylic acids is 1. The van der Waals surface area contributed by atoms with E-state index >= 15 is 0 Å². The van der Waals surface area contributed by atoms with Crippen molar-refractivity contribution in [2.24, 2.45) is 0 Å². The first-order chi connectivity index (χ1) is 7.54. The monoisotopic (exact) mass is 217 g/mol. The van der Waals surface area contributed by atoms with E-state index in [4.69, 9.17) is 0 Å². The van der Waals surface area contributed by atoms with Gasteiger partial charge in [0.1, 0.15) is 0 Å². The zero-order valence-corrected chi connectivity index (χ0v) is 9.66. The summed E-state index contributed by atoms with van der Waals surface area (Å²) >= 11 is 0. The molecule has 2 rings (SSSR count). The Morgan fingerprint density at radius 1 is 1.44 bits per heavy atom. The topological polar surface area (TPSA) is 57.8 Å². The molecular formula is C12H15N3O. The Hall–Kier alpha value is -1.68. The van der Waals surface area contributed by atoms with Crippen LogP contribution in [0.1, 0.15) is 24.2 Å². The van der Waals surface area contributed by atoms with Gasteiger partial charge in [-0.05, 0) is 39.1 Å². The number of rotatable bonds is 3. The van der Waals surface area contributed by atoms with Crippen LogP contribution >= 0.6 is 0 Å². The van der Waals surface area contributed by atoms with E-state index in [0.717, 1.165) is 11.0 Å². The molecular weight excluding hydrogens is 202 g/mol. The maximum atomic E-state index is 12.2. The molecule has 1 aromatic heterocycles. The molecule has 4 nitrogen and oxygen atoms in total. The first kappa shape index (κ1) is 10.8. The molecule has 1 heterocycles. The number of H-pyrrole nitrogens is 1. The normalized spacial score (nSPS) is 11.9. The zero-order valence-electron chi connectivity index (χ0n) is 9.66. The van der Waals surface area contributed by atoms with E-state index in [-0.39, 0.29) is 5.78 Å². The average Bonchev–Trinajstić information content (AvgIpc) is 2.74. The lowest BCUT2D eigenvalue weighted by molar-refractivity contribution is 0.0889. The molecule has 1 aromatic carbocycles. The molecule has 0 amide bonds. The van der Waals surface area contributed by atoms with Crippen molar-refractivity contribution < 1.29 is 4.79 Å². The molecule has 0 aliphatic rings. The number of nitrogens with one attached hydrogen (secondary N) is 2. The zero-order chi connectivity index (χ0) is 11.8. The van der Waals surface area contributed by atoms with Gasteiger partial charge < -0.3 is 10.3 Å². The minimum absolute atomic E-state index is 0.0755. The van der Waals surface area contributed by atoms with Crippen molar-refractivity contribution in [2.45, 2.75) is 19.4 Å². The van der Waals surface area contributed by atoms with Gasteiger partial charge in [-0.25, -0.2) is 4.98 Å². The Bertz CT molecular complexity index is 528. The molecule has 0 aliphatic heterocycles. The molecule has 0 unspecified atom stereocenters. The number of likely N-dealkylation sites (N-methyl/N-ethyl adjacent to an activating group) is 1. The largest absolute Gasteiger partial charge is 0.345 e. The summed E-state index contributed by atoms with van der Waals surface area (Å²) in [6.45, 7) is 3.74. The third-order valence-electron chi connectivity index (χ3n) is 2.88. The Morgan fingerprint density at radius 2 is 2.19 bits per heavy atom. The Labute approximate surface area is 94.1 Å².